The van der Waals surface area contributed by atoms with Gasteiger partial charge in [0.25, 0.3) is 0 Å². The van der Waals surface area contributed by atoms with Gasteiger partial charge in [0, 0.05) is 6.04 Å². The fraction of sp³-hybridized carbons (Fsp3) is 0.600. The molecule has 3 atom stereocenters. The predicted molar refractivity (Wildman–Crippen MR) is 69.4 cm³/mol. The lowest BCUT2D eigenvalue weighted by Gasteiger charge is -2.28. The van der Waals surface area contributed by atoms with Gasteiger partial charge in [0.2, 0.25) is 0 Å². The average Bonchev–Trinajstić information content (AvgIpc) is 2.55. The van der Waals surface area contributed by atoms with Gasteiger partial charge in [0.05, 0.1) is 0 Å². The molecule has 0 radical (unpaired) electrons. The molecule has 1 heteroatoms. The minimum atomic E-state index is 0.323. The molecule has 0 bridgehead atoms. The quantitative estimate of drug-likeness (QED) is 0.751. The third kappa shape index (κ3) is 2.65. The summed E-state index contributed by atoms with van der Waals surface area (Å²) in [5, 5.41) is 0. The molecule has 1 fully saturated rings. The molecular formula is C15H23N. The summed E-state index contributed by atoms with van der Waals surface area (Å²) < 4.78 is 0. The normalized spacial score (nSPS) is 28.4. The van der Waals surface area contributed by atoms with Gasteiger partial charge < -0.3 is 5.73 Å². The van der Waals surface area contributed by atoms with Crippen LogP contribution in [0.4, 0.5) is 0 Å². The van der Waals surface area contributed by atoms with E-state index in [4.69, 9.17) is 5.73 Å². The Hall–Kier alpha value is -0.820. The van der Waals surface area contributed by atoms with Gasteiger partial charge >= 0.3 is 0 Å². The third-order valence-electron chi connectivity index (χ3n) is 3.97. The molecule has 1 aliphatic rings. The lowest BCUT2D eigenvalue weighted by Crippen LogP contribution is -2.30. The Labute approximate surface area is 99.0 Å². The van der Waals surface area contributed by atoms with Gasteiger partial charge in [0.1, 0.15) is 0 Å². The van der Waals surface area contributed by atoms with Crippen LogP contribution in [0.25, 0.3) is 0 Å². The fourth-order valence-electron chi connectivity index (χ4n) is 3.08. The highest BCUT2D eigenvalue weighted by Crippen LogP contribution is 2.37. The van der Waals surface area contributed by atoms with Gasteiger partial charge in [-0.2, -0.15) is 0 Å². The second-order valence-electron chi connectivity index (χ2n) is 5.18. The Kier molecular flexibility index (Phi) is 4.00. The lowest BCUT2D eigenvalue weighted by molar-refractivity contribution is 0.345. The maximum atomic E-state index is 6.16. The van der Waals surface area contributed by atoms with Gasteiger partial charge in [-0.25, -0.2) is 0 Å². The summed E-state index contributed by atoms with van der Waals surface area (Å²) in [5.74, 6) is 1.36. The number of hydrogen-bond acceptors (Lipinski definition) is 1. The van der Waals surface area contributed by atoms with Crippen molar-refractivity contribution >= 4 is 0 Å². The van der Waals surface area contributed by atoms with Crippen LogP contribution in [0.2, 0.25) is 0 Å². The second kappa shape index (κ2) is 5.49. The van der Waals surface area contributed by atoms with Crippen molar-refractivity contribution in [3.8, 4) is 0 Å². The molecule has 3 unspecified atom stereocenters. The summed E-state index contributed by atoms with van der Waals surface area (Å²) in [6.45, 7) is 2.17. The van der Waals surface area contributed by atoms with Crippen molar-refractivity contribution < 1.29 is 0 Å². The smallest absolute Gasteiger partial charge is 0.00446 e. The van der Waals surface area contributed by atoms with E-state index in [0.29, 0.717) is 17.9 Å². The highest BCUT2D eigenvalue weighted by molar-refractivity contribution is 5.21. The molecule has 1 aromatic carbocycles. The molecule has 1 aliphatic carbocycles. The molecule has 1 nitrogen and oxygen atoms in total. The second-order valence-corrected chi connectivity index (χ2v) is 5.18. The molecule has 0 aromatic heterocycles. The van der Waals surface area contributed by atoms with Crippen LogP contribution in [0, 0.1) is 5.92 Å². The number of nitrogens with two attached hydrogens (primary N) is 1. The van der Waals surface area contributed by atoms with E-state index in [1.807, 2.05) is 0 Å². The van der Waals surface area contributed by atoms with Gasteiger partial charge in [0.15, 0.2) is 0 Å². The number of rotatable bonds is 2. The molecule has 0 amide bonds. The zero-order chi connectivity index (χ0) is 11.4. The third-order valence-corrected chi connectivity index (χ3v) is 3.97. The Morgan fingerprint density at radius 2 is 1.75 bits per heavy atom. The Morgan fingerprint density at radius 3 is 2.44 bits per heavy atom. The first-order chi connectivity index (χ1) is 7.79. The van der Waals surface area contributed by atoms with Crippen molar-refractivity contribution in [1.82, 2.24) is 0 Å². The topological polar surface area (TPSA) is 26.0 Å². The summed E-state index contributed by atoms with van der Waals surface area (Å²) >= 11 is 0. The SMILES string of the molecule is CC(N)C1CCCCCC1c1ccccc1. The van der Waals surface area contributed by atoms with Crippen molar-refractivity contribution in [1.29, 1.82) is 0 Å². The Morgan fingerprint density at radius 1 is 1.06 bits per heavy atom. The van der Waals surface area contributed by atoms with E-state index in [2.05, 4.69) is 37.3 Å². The van der Waals surface area contributed by atoms with Gasteiger partial charge in [-0.05, 0) is 37.2 Å². The molecular weight excluding hydrogens is 194 g/mol. The molecule has 1 saturated carbocycles. The van der Waals surface area contributed by atoms with E-state index in [1.165, 1.54) is 37.7 Å². The molecule has 1 aromatic rings. The van der Waals surface area contributed by atoms with E-state index in [0.717, 1.165) is 0 Å². The van der Waals surface area contributed by atoms with Crippen LogP contribution in [0.5, 0.6) is 0 Å². The maximum absolute atomic E-state index is 6.16. The molecule has 0 heterocycles. The van der Waals surface area contributed by atoms with Crippen molar-refractivity contribution in [3.63, 3.8) is 0 Å². The zero-order valence-electron chi connectivity index (χ0n) is 10.2. The molecule has 16 heavy (non-hydrogen) atoms. The highest BCUT2D eigenvalue weighted by Gasteiger charge is 2.27. The fourth-order valence-corrected chi connectivity index (χ4v) is 3.08. The summed E-state index contributed by atoms with van der Waals surface area (Å²) in [7, 11) is 0. The summed E-state index contributed by atoms with van der Waals surface area (Å²) in [6, 6.07) is 11.3. The van der Waals surface area contributed by atoms with E-state index < -0.39 is 0 Å². The number of hydrogen-bond donors (Lipinski definition) is 1. The first kappa shape index (κ1) is 11.7. The van der Waals surface area contributed by atoms with Gasteiger partial charge in [-0.1, -0.05) is 49.6 Å². The van der Waals surface area contributed by atoms with Crippen LogP contribution in [-0.4, -0.2) is 6.04 Å². The van der Waals surface area contributed by atoms with E-state index in [1.54, 1.807) is 0 Å². The molecule has 0 saturated heterocycles. The molecule has 2 rings (SSSR count). The van der Waals surface area contributed by atoms with Crippen molar-refractivity contribution in [2.45, 2.75) is 51.0 Å². The Bertz CT molecular complexity index is 304. The standard InChI is InChI=1S/C15H23N/c1-12(16)14-10-6-3-7-11-15(14)13-8-4-2-5-9-13/h2,4-5,8-9,12,14-15H,3,6-7,10-11,16H2,1H3. The van der Waals surface area contributed by atoms with E-state index in [9.17, 15) is 0 Å². The van der Waals surface area contributed by atoms with Gasteiger partial charge in [-0.15, -0.1) is 0 Å². The minimum absolute atomic E-state index is 0.323. The number of benzene rings is 1. The Balaban J connectivity index is 2.21. The summed E-state index contributed by atoms with van der Waals surface area (Å²) in [5.41, 5.74) is 7.66. The zero-order valence-corrected chi connectivity index (χ0v) is 10.2. The minimum Gasteiger partial charge on any atom is -0.328 e. The van der Waals surface area contributed by atoms with Crippen molar-refractivity contribution in [3.05, 3.63) is 35.9 Å². The first-order valence-electron chi connectivity index (χ1n) is 6.59. The van der Waals surface area contributed by atoms with Crippen LogP contribution >= 0.6 is 0 Å². The largest absolute Gasteiger partial charge is 0.328 e. The summed E-state index contributed by atoms with van der Waals surface area (Å²) in [6.07, 6.45) is 6.72. The lowest BCUT2D eigenvalue weighted by atomic mass is 9.79. The van der Waals surface area contributed by atoms with Crippen molar-refractivity contribution in [2.24, 2.45) is 11.7 Å². The predicted octanol–water partition coefficient (Wildman–Crippen LogP) is 3.70. The molecule has 0 aliphatic heterocycles. The van der Waals surface area contributed by atoms with E-state index >= 15 is 0 Å². The van der Waals surface area contributed by atoms with Crippen LogP contribution in [0.1, 0.15) is 50.5 Å². The van der Waals surface area contributed by atoms with Crippen LogP contribution in [0.15, 0.2) is 30.3 Å². The van der Waals surface area contributed by atoms with Crippen LogP contribution < -0.4 is 5.73 Å². The monoisotopic (exact) mass is 217 g/mol. The maximum Gasteiger partial charge on any atom is 0.00446 e. The van der Waals surface area contributed by atoms with Crippen LogP contribution in [0.3, 0.4) is 0 Å². The molecule has 0 spiro atoms. The van der Waals surface area contributed by atoms with Gasteiger partial charge in [-0.3, -0.25) is 0 Å². The highest BCUT2D eigenvalue weighted by atomic mass is 14.6. The summed E-state index contributed by atoms with van der Waals surface area (Å²) in [4.78, 5) is 0. The van der Waals surface area contributed by atoms with Crippen LogP contribution in [-0.2, 0) is 0 Å². The average molecular weight is 217 g/mol. The molecule has 88 valence electrons. The van der Waals surface area contributed by atoms with Crippen molar-refractivity contribution in [2.75, 3.05) is 0 Å². The first-order valence-corrected chi connectivity index (χ1v) is 6.59. The van der Waals surface area contributed by atoms with E-state index in [-0.39, 0.29) is 0 Å². The molecule has 2 N–H and O–H groups in total.